The summed E-state index contributed by atoms with van der Waals surface area (Å²) < 4.78 is 1.75. The van der Waals surface area contributed by atoms with E-state index in [1.165, 1.54) is 5.56 Å². The van der Waals surface area contributed by atoms with Crippen molar-refractivity contribution in [2.45, 2.75) is 26.2 Å². The first-order chi connectivity index (χ1) is 16.2. The third-order valence-electron chi connectivity index (χ3n) is 5.79. The Morgan fingerprint density at radius 2 is 1.73 bits per heavy atom. The van der Waals surface area contributed by atoms with E-state index in [4.69, 9.17) is 0 Å². The average molecular weight is 436 g/mol. The molecule has 0 saturated carbocycles. The zero-order valence-corrected chi connectivity index (χ0v) is 18.5. The number of carbonyl (C=O) groups is 1. The van der Waals surface area contributed by atoms with Gasteiger partial charge in [-0.15, -0.1) is 5.10 Å². The number of nitrogens with one attached hydrogen (secondary N) is 2. The van der Waals surface area contributed by atoms with Gasteiger partial charge in [0.05, 0.1) is 29.0 Å². The minimum atomic E-state index is -0.0567. The lowest BCUT2D eigenvalue weighted by Gasteiger charge is -2.07. The van der Waals surface area contributed by atoms with E-state index >= 15 is 0 Å². The lowest BCUT2D eigenvalue weighted by molar-refractivity contribution is -0.116. The molecule has 2 aromatic heterocycles. The molecule has 3 aromatic carbocycles. The van der Waals surface area contributed by atoms with Crippen molar-refractivity contribution in [1.29, 1.82) is 0 Å². The van der Waals surface area contributed by atoms with Gasteiger partial charge in [-0.1, -0.05) is 72.8 Å². The number of benzene rings is 3. The second-order valence-corrected chi connectivity index (χ2v) is 8.01. The third-order valence-corrected chi connectivity index (χ3v) is 5.79. The Balaban J connectivity index is 1.31. The van der Waals surface area contributed by atoms with Gasteiger partial charge >= 0.3 is 0 Å². The Hall–Kier alpha value is -4.19. The maximum absolute atomic E-state index is 12.9. The Bertz CT molecular complexity index is 1380. The summed E-state index contributed by atoms with van der Waals surface area (Å²) >= 11 is 0. The largest absolute Gasteiger partial charge is 0.353 e. The molecule has 33 heavy (non-hydrogen) atoms. The number of aromatic nitrogens is 4. The Morgan fingerprint density at radius 3 is 2.52 bits per heavy atom. The first-order valence-corrected chi connectivity index (χ1v) is 11.2. The highest BCUT2D eigenvalue weighted by molar-refractivity contribution is 6.07. The Kier molecular flexibility index (Phi) is 5.72. The van der Waals surface area contributed by atoms with Crippen molar-refractivity contribution in [2.24, 2.45) is 0 Å². The molecule has 6 heteroatoms. The molecule has 0 radical (unpaired) electrons. The summed E-state index contributed by atoms with van der Waals surface area (Å²) in [5.41, 5.74) is 6.76. The number of fused-ring (bicyclic) bond motifs is 1. The van der Waals surface area contributed by atoms with Crippen LogP contribution in [-0.2, 0) is 17.6 Å². The minimum Gasteiger partial charge on any atom is -0.353 e. The number of hydrogen-bond donors (Lipinski definition) is 2. The monoisotopic (exact) mass is 435 g/mol. The van der Waals surface area contributed by atoms with Crippen molar-refractivity contribution in [3.05, 3.63) is 96.3 Å². The standard InChI is InChI=1S/C27H25N5O/c1-2-19-12-15-22(16-13-19)32-18-21(30-31-32)14-17-25(33)29-27-23-10-6-7-11-24(23)28-26(27)20-8-4-3-5-9-20/h3-13,15-16,18,28H,2,14,17H2,1H3,(H,29,33). The van der Waals surface area contributed by atoms with Gasteiger partial charge in [-0.25, -0.2) is 4.68 Å². The number of nitrogens with zero attached hydrogens (tertiary/aromatic N) is 3. The van der Waals surface area contributed by atoms with Crippen LogP contribution in [0.5, 0.6) is 0 Å². The zero-order valence-electron chi connectivity index (χ0n) is 18.5. The zero-order chi connectivity index (χ0) is 22.6. The quantitative estimate of drug-likeness (QED) is 0.352. The van der Waals surface area contributed by atoms with E-state index in [2.05, 4.69) is 39.7 Å². The first kappa shape index (κ1) is 20.7. The molecule has 0 saturated heterocycles. The van der Waals surface area contributed by atoms with Crippen LogP contribution in [0.25, 0.3) is 27.8 Å². The SMILES string of the molecule is CCc1ccc(-n2cc(CCC(=O)Nc3c(-c4ccccc4)[nH]c4ccccc34)nn2)cc1. The number of rotatable bonds is 7. The van der Waals surface area contributed by atoms with Crippen LogP contribution in [0, 0.1) is 0 Å². The highest BCUT2D eigenvalue weighted by Gasteiger charge is 2.16. The lowest BCUT2D eigenvalue weighted by Crippen LogP contribution is -2.13. The Labute approximate surface area is 192 Å². The van der Waals surface area contributed by atoms with E-state index in [1.807, 2.05) is 72.9 Å². The minimum absolute atomic E-state index is 0.0567. The van der Waals surface area contributed by atoms with Gasteiger partial charge in [0.25, 0.3) is 0 Å². The molecular weight excluding hydrogens is 410 g/mol. The second kappa shape index (κ2) is 9.12. The molecule has 0 spiro atoms. The molecule has 0 fully saturated rings. The first-order valence-electron chi connectivity index (χ1n) is 11.2. The molecule has 2 heterocycles. The molecular formula is C27H25N5O. The second-order valence-electron chi connectivity index (χ2n) is 8.01. The number of aryl methyl sites for hydroxylation is 2. The van der Waals surface area contributed by atoms with Crippen LogP contribution in [0.2, 0.25) is 0 Å². The topological polar surface area (TPSA) is 75.6 Å². The summed E-state index contributed by atoms with van der Waals surface area (Å²) in [6.45, 7) is 2.13. The van der Waals surface area contributed by atoms with Crippen molar-refractivity contribution in [1.82, 2.24) is 20.0 Å². The third kappa shape index (κ3) is 4.41. The molecule has 1 amide bonds. The summed E-state index contributed by atoms with van der Waals surface area (Å²) in [6, 6.07) is 26.3. The number of H-pyrrole nitrogens is 1. The predicted octanol–water partition coefficient (Wildman–Crippen LogP) is 5.55. The molecule has 0 bridgehead atoms. The van der Waals surface area contributed by atoms with Gasteiger partial charge in [0.1, 0.15) is 0 Å². The smallest absolute Gasteiger partial charge is 0.224 e. The maximum Gasteiger partial charge on any atom is 0.224 e. The van der Waals surface area contributed by atoms with Crippen molar-refractivity contribution in [3.8, 4) is 16.9 Å². The van der Waals surface area contributed by atoms with E-state index in [0.717, 1.165) is 45.6 Å². The predicted molar refractivity (Wildman–Crippen MR) is 131 cm³/mol. The van der Waals surface area contributed by atoms with Crippen molar-refractivity contribution < 1.29 is 4.79 Å². The van der Waals surface area contributed by atoms with Gasteiger partial charge in [0.2, 0.25) is 5.91 Å². The molecule has 0 atom stereocenters. The van der Waals surface area contributed by atoms with Gasteiger partial charge in [0, 0.05) is 29.3 Å². The van der Waals surface area contributed by atoms with E-state index < -0.39 is 0 Å². The van der Waals surface area contributed by atoms with Gasteiger partial charge < -0.3 is 10.3 Å². The summed E-state index contributed by atoms with van der Waals surface area (Å²) in [5.74, 6) is -0.0567. The van der Waals surface area contributed by atoms with Crippen LogP contribution < -0.4 is 5.32 Å². The molecule has 164 valence electrons. The van der Waals surface area contributed by atoms with Gasteiger partial charge in [-0.3, -0.25) is 4.79 Å². The van der Waals surface area contributed by atoms with Crippen LogP contribution >= 0.6 is 0 Å². The highest BCUT2D eigenvalue weighted by atomic mass is 16.1. The van der Waals surface area contributed by atoms with Crippen LogP contribution in [0.15, 0.2) is 85.1 Å². The summed E-state index contributed by atoms with van der Waals surface area (Å²) in [6.07, 6.45) is 3.72. The van der Waals surface area contributed by atoms with E-state index in [-0.39, 0.29) is 5.91 Å². The fourth-order valence-electron chi connectivity index (χ4n) is 3.96. The van der Waals surface area contributed by atoms with Gasteiger partial charge in [-0.2, -0.15) is 0 Å². The lowest BCUT2D eigenvalue weighted by atomic mass is 10.1. The maximum atomic E-state index is 12.9. The molecule has 5 rings (SSSR count). The van der Waals surface area contributed by atoms with Crippen LogP contribution in [-0.4, -0.2) is 25.9 Å². The summed E-state index contributed by atoms with van der Waals surface area (Å²) in [5, 5.41) is 12.6. The average Bonchev–Trinajstić information content (AvgIpc) is 3.49. The molecule has 0 aliphatic carbocycles. The number of hydrogen-bond acceptors (Lipinski definition) is 3. The van der Waals surface area contributed by atoms with E-state index in [9.17, 15) is 4.79 Å². The number of amides is 1. The van der Waals surface area contributed by atoms with Crippen LogP contribution in [0.4, 0.5) is 5.69 Å². The van der Waals surface area contributed by atoms with Crippen molar-refractivity contribution in [2.75, 3.05) is 5.32 Å². The number of aromatic amines is 1. The van der Waals surface area contributed by atoms with Gasteiger partial charge in [0.15, 0.2) is 0 Å². The molecule has 2 N–H and O–H groups in total. The summed E-state index contributed by atoms with van der Waals surface area (Å²) in [7, 11) is 0. The summed E-state index contributed by atoms with van der Waals surface area (Å²) in [4.78, 5) is 16.3. The molecule has 6 nitrogen and oxygen atoms in total. The van der Waals surface area contributed by atoms with E-state index in [0.29, 0.717) is 12.8 Å². The normalized spacial score (nSPS) is 11.1. The number of carbonyl (C=O) groups excluding carboxylic acids is 1. The molecule has 5 aromatic rings. The van der Waals surface area contributed by atoms with Crippen molar-refractivity contribution >= 4 is 22.5 Å². The van der Waals surface area contributed by atoms with Crippen LogP contribution in [0.3, 0.4) is 0 Å². The van der Waals surface area contributed by atoms with Gasteiger partial charge in [-0.05, 0) is 30.2 Å². The molecule has 0 unspecified atom stereocenters. The Morgan fingerprint density at radius 1 is 0.970 bits per heavy atom. The number of anilines is 1. The molecule has 0 aliphatic heterocycles. The van der Waals surface area contributed by atoms with Crippen molar-refractivity contribution in [3.63, 3.8) is 0 Å². The van der Waals surface area contributed by atoms with E-state index in [1.54, 1.807) is 4.68 Å². The highest BCUT2D eigenvalue weighted by Crippen LogP contribution is 2.35. The molecule has 0 aliphatic rings. The fourth-order valence-corrected chi connectivity index (χ4v) is 3.96. The van der Waals surface area contributed by atoms with Crippen LogP contribution in [0.1, 0.15) is 24.6 Å². The fraction of sp³-hybridized carbons (Fsp3) is 0.148. The number of para-hydroxylation sites is 1.